The SMILES string of the molecule is C=CC(C)=CCC1=C(C)C=CCC1(C)C. The van der Waals surface area contributed by atoms with Gasteiger partial charge in [0.25, 0.3) is 0 Å². The predicted octanol–water partition coefficient (Wildman–Crippen LogP) is 4.81. The Morgan fingerprint density at radius 3 is 2.73 bits per heavy atom. The van der Waals surface area contributed by atoms with Gasteiger partial charge in [-0.05, 0) is 32.1 Å². The van der Waals surface area contributed by atoms with E-state index in [1.54, 1.807) is 5.57 Å². The lowest BCUT2D eigenvalue weighted by Crippen LogP contribution is -2.17. The van der Waals surface area contributed by atoms with E-state index in [2.05, 4.69) is 52.5 Å². The van der Waals surface area contributed by atoms with Crippen LogP contribution in [0.3, 0.4) is 0 Å². The topological polar surface area (TPSA) is 0 Å². The van der Waals surface area contributed by atoms with Gasteiger partial charge < -0.3 is 0 Å². The van der Waals surface area contributed by atoms with Gasteiger partial charge in [-0.25, -0.2) is 0 Å². The van der Waals surface area contributed by atoms with Gasteiger partial charge in [-0.2, -0.15) is 0 Å². The van der Waals surface area contributed by atoms with Gasteiger partial charge >= 0.3 is 0 Å². The molecule has 0 aromatic carbocycles. The molecule has 1 aliphatic carbocycles. The highest BCUT2D eigenvalue weighted by molar-refractivity contribution is 5.35. The molecule has 1 rings (SSSR count). The molecule has 0 amide bonds. The highest BCUT2D eigenvalue weighted by Crippen LogP contribution is 2.38. The maximum atomic E-state index is 3.78. The molecule has 0 N–H and O–H groups in total. The maximum Gasteiger partial charge on any atom is -0.0101 e. The lowest BCUT2D eigenvalue weighted by molar-refractivity contribution is 0.435. The largest absolute Gasteiger partial charge is 0.0988 e. The Labute approximate surface area is 94.1 Å². The number of allylic oxidation sites excluding steroid dienone is 7. The second-order valence-corrected chi connectivity index (χ2v) is 5.01. The van der Waals surface area contributed by atoms with E-state index >= 15 is 0 Å². The summed E-state index contributed by atoms with van der Waals surface area (Å²) in [5, 5.41) is 0. The summed E-state index contributed by atoms with van der Waals surface area (Å²) >= 11 is 0. The lowest BCUT2D eigenvalue weighted by Gasteiger charge is -2.31. The van der Waals surface area contributed by atoms with Gasteiger partial charge in [-0.3, -0.25) is 0 Å². The van der Waals surface area contributed by atoms with E-state index in [4.69, 9.17) is 0 Å². The molecule has 0 unspecified atom stereocenters. The quantitative estimate of drug-likeness (QED) is 0.576. The highest BCUT2D eigenvalue weighted by Gasteiger charge is 2.24. The summed E-state index contributed by atoms with van der Waals surface area (Å²) in [5.74, 6) is 0. The van der Waals surface area contributed by atoms with Gasteiger partial charge in [0, 0.05) is 0 Å². The van der Waals surface area contributed by atoms with E-state index in [0.717, 1.165) is 12.8 Å². The van der Waals surface area contributed by atoms with Crippen molar-refractivity contribution in [1.82, 2.24) is 0 Å². The zero-order chi connectivity index (χ0) is 11.5. The minimum atomic E-state index is 0.316. The third-order valence-corrected chi connectivity index (χ3v) is 3.24. The minimum Gasteiger partial charge on any atom is -0.0988 e. The Hall–Kier alpha value is -1.04. The second kappa shape index (κ2) is 4.65. The molecule has 0 nitrogen and oxygen atoms in total. The van der Waals surface area contributed by atoms with Gasteiger partial charge in [0.1, 0.15) is 0 Å². The van der Waals surface area contributed by atoms with Crippen LogP contribution in [0.1, 0.15) is 40.5 Å². The monoisotopic (exact) mass is 202 g/mol. The van der Waals surface area contributed by atoms with Crippen molar-refractivity contribution < 1.29 is 0 Å². The summed E-state index contributed by atoms with van der Waals surface area (Å²) < 4.78 is 0. The molecule has 0 heteroatoms. The van der Waals surface area contributed by atoms with Gasteiger partial charge in [0.15, 0.2) is 0 Å². The van der Waals surface area contributed by atoms with Crippen LogP contribution in [0, 0.1) is 5.41 Å². The van der Waals surface area contributed by atoms with Crippen molar-refractivity contribution >= 4 is 0 Å². The van der Waals surface area contributed by atoms with Crippen LogP contribution in [0.15, 0.2) is 47.6 Å². The molecule has 0 fully saturated rings. The summed E-state index contributed by atoms with van der Waals surface area (Å²) in [5.41, 5.74) is 4.57. The highest BCUT2D eigenvalue weighted by atomic mass is 14.3. The fraction of sp³-hybridized carbons (Fsp3) is 0.467. The van der Waals surface area contributed by atoms with Crippen molar-refractivity contribution in [1.29, 1.82) is 0 Å². The number of rotatable bonds is 3. The maximum absolute atomic E-state index is 3.78. The summed E-state index contributed by atoms with van der Waals surface area (Å²) in [6.07, 6.45) is 10.9. The van der Waals surface area contributed by atoms with Crippen LogP contribution in [0.25, 0.3) is 0 Å². The number of hydrogen-bond acceptors (Lipinski definition) is 0. The van der Waals surface area contributed by atoms with Crippen LogP contribution in [0.4, 0.5) is 0 Å². The Morgan fingerprint density at radius 1 is 1.53 bits per heavy atom. The Balaban J connectivity index is 2.90. The molecule has 0 radical (unpaired) electrons. The lowest BCUT2D eigenvalue weighted by atomic mass is 9.74. The fourth-order valence-corrected chi connectivity index (χ4v) is 2.07. The van der Waals surface area contributed by atoms with E-state index in [-0.39, 0.29) is 0 Å². The van der Waals surface area contributed by atoms with Crippen molar-refractivity contribution in [3.63, 3.8) is 0 Å². The molecule has 0 atom stereocenters. The van der Waals surface area contributed by atoms with E-state index in [1.807, 2.05) is 6.08 Å². The van der Waals surface area contributed by atoms with Crippen molar-refractivity contribution in [3.8, 4) is 0 Å². The standard InChI is InChI=1S/C15H22/c1-6-12(2)9-10-14-13(3)8-7-11-15(14,4)5/h6-9H,1,10-11H2,2-5H3. The average molecular weight is 202 g/mol. The molecule has 0 saturated heterocycles. The molecule has 82 valence electrons. The van der Waals surface area contributed by atoms with Crippen LogP contribution >= 0.6 is 0 Å². The molecular formula is C15H22. The first kappa shape index (κ1) is 12.0. The van der Waals surface area contributed by atoms with Crippen LogP contribution < -0.4 is 0 Å². The van der Waals surface area contributed by atoms with Gasteiger partial charge in [0.2, 0.25) is 0 Å². The van der Waals surface area contributed by atoms with E-state index in [0.29, 0.717) is 5.41 Å². The first-order chi connectivity index (χ1) is 6.97. The normalized spacial score (nSPS) is 20.7. The molecule has 0 aliphatic heterocycles. The van der Waals surface area contributed by atoms with Crippen molar-refractivity contribution in [2.75, 3.05) is 0 Å². The first-order valence-corrected chi connectivity index (χ1v) is 5.63. The van der Waals surface area contributed by atoms with Crippen LogP contribution in [0.5, 0.6) is 0 Å². The van der Waals surface area contributed by atoms with Gasteiger partial charge in [-0.15, -0.1) is 0 Å². The van der Waals surface area contributed by atoms with Crippen LogP contribution in [-0.4, -0.2) is 0 Å². The first-order valence-electron chi connectivity index (χ1n) is 5.63. The van der Waals surface area contributed by atoms with Crippen LogP contribution in [-0.2, 0) is 0 Å². The zero-order valence-corrected chi connectivity index (χ0v) is 10.4. The fourth-order valence-electron chi connectivity index (χ4n) is 2.07. The number of hydrogen-bond donors (Lipinski definition) is 0. The molecule has 0 aromatic heterocycles. The van der Waals surface area contributed by atoms with E-state index < -0.39 is 0 Å². The Morgan fingerprint density at radius 2 is 2.20 bits per heavy atom. The molecule has 0 spiro atoms. The molecular weight excluding hydrogens is 180 g/mol. The summed E-state index contributed by atoms with van der Waals surface area (Å²) in [4.78, 5) is 0. The summed E-state index contributed by atoms with van der Waals surface area (Å²) in [6, 6.07) is 0. The third kappa shape index (κ3) is 2.95. The summed E-state index contributed by atoms with van der Waals surface area (Å²) in [6.45, 7) is 12.8. The summed E-state index contributed by atoms with van der Waals surface area (Å²) in [7, 11) is 0. The minimum absolute atomic E-state index is 0.316. The zero-order valence-electron chi connectivity index (χ0n) is 10.4. The molecule has 1 aliphatic rings. The van der Waals surface area contributed by atoms with E-state index in [1.165, 1.54) is 11.1 Å². The molecule has 0 aromatic rings. The van der Waals surface area contributed by atoms with Gasteiger partial charge in [-0.1, -0.05) is 61.4 Å². The van der Waals surface area contributed by atoms with Crippen molar-refractivity contribution in [2.45, 2.75) is 40.5 Å². The second-order valence-electron chi connectivity index (χ2n) is 5.01. The predicted molar refractivity (Wildman–Crippen MR) is 68.8 cm³/mol. The molecule has 0 heterocycles. The van der Waals surface area contributed by atoms with E-state index in [9.17, 15) is 0 Å². The third-order valence-electron chi connectivity index (χ3n) is 3.24. The van der Waals surface area contributed by atoms with Crippen molar-refractivity contribution in [3.05, 3.63) is 47.6 Å². The van der Waals surface area contributed by atoms with Gasteiger partial charge in [0.05, 0.1) is 0 Å². The van der Waals surface area contributed by atoms with Crippen molar-refractivity contribution in [2.24, 2.45) is 5.41 Å². The van der Waals surface area contributed by atoms with Crippen LogP contribution in [0.2, 0.25) is 0 Å². The molecule has 15 heavy (non-hydrogen) atoms. The smallest absolute Gasteiger partial charge is 0.0101 e. The Kier molecular flexibility index (Phi) is 3.73. The molecule has 0 bridgehead atoms. The molecule has 0 saturated carbocycles. The Bertz CT molecular complexity index is 335. The average Bonchev–Trinajstić information content (AvgIpc) is 2.15.